The zero-order chi connectivity index (χ0) is 19.6. The molecule has 3 aliphatic rings. The van der Waals surface area contributed by atoms with Crippen molar-refractivity contribution in [3.8, 4) is 0 Å². The van der Waals surface area contributed by atoms with Crippen LogP contribution in [0.3, 0.4) is 0 Å². The maximum absolute atomic E-state index is 13.7. The molecule has 0 unspecified atom stereocenters. The number of amides is 2. The normalized spacial score (nSPS) is 23.0. The molecule has 0 N–H and O–H groups in total. The minimum absolute atomic E-state index is 0.0932. The largest absolute Gasteiger partial charge is 0.342 e. The Morgan fingerprint density at radius 3 is 2.21 bits per heavy atom. The second-order valence-electron chi connectivity index (χ2n) is 8.75. The molecule has 4 rings (SSSR count). The van der Waals surface area contributed by atoms with Gasteiger partial charge < -0.3 is 9.80 Å². The molecule has 2 saturated heterocycles. The fraction of sp³-hybridized carbons (Fsp3) is 0.652. The van der Waals surface area contributed by atoms with E-state index in [0.29, 0.717) is 24.0 Å². The van der Waals surface area contributed by atoms with Crippen molar-refractivity contribution >= 4 is 23.4 Å². The lowest BCUT2D eigenvalue weighted by Gasteiger charge is -2.42. The van der Waals surface area contributed by atoms with Crippen LogP contribution in [0.2, 0.25) is 5.02 Å². The van der Waals surface area contributed by atoms with Crippen molar-refractivity contribution in [1.29, 1.82) is 0 Å². The molecule has 2 aliphatic heterocycles. The van der Waals surface area contributed by atoms with E-state index in [1.807, 2.05) is 28.0 Å². The molecule has 4 nitrogen and oxygen atoms in total. The van der Waals surface area contributed by atoms with Crippen molar-refractivity contribution < 1.29 is 9.59 Å². The predicted molar refractivity (Wildman–Crippen MR) is 111 cm³/mol. The van der Waals surface area contributed by atoms with E-state index in [2.05, 4.69) is 6.07 Å². The van der Waals surface area contributed by atoms with E-state index in [-0.39, 0.29) is 11.8 Å². The highest BCUT2D eigenvalue weighted by Gasteiger charge is 2.44. The molecule has 2 heterocycles. The summed E-state index contributed by atoms with van der Waals surface area (Å²) in [7, 11) is 0. The Bertz CT molecular complexity index is 715. The van der Waals surface area contributed by atoms with Gasteiger partial charge in [0, 0.05) is 37.1 Å². The molecule has 5 heteroatoms. The number of piperidine rings is 1. The first-order valence-corrected chi connectivity index (χ1v) is 11.3. The Hall–Kier alpha value is -1.55. The zero-order valence-corrected chi connectivity index (χ0v) is 17.4. The van der Waals surface area contributed by atoms with Gasteiger partial charge >= 0.3 is 0 Å². The monoisotopic (exact) mass is 402 g/mol. The third-order valence-corrected chi connectivity index (χ3v) is 7.28. The summed E-state index contributed by atoms with van der Waals surface area (Å²) in [5.41, 5.74) is 0.634. The van der Waals surface area contributed by atoms with Crippen molar-refractivity contribution in [2.24, 2.45) is 5.92 Å². The fourth-order valence-corrected chi connectivity index (χ4v) is 5.59. The van der Waals surface area contributed by atoms with Crippen molar-refractivity contribution in [1.82, 2.24) is 9.80 Å². The van der Waals surface area contributed by atoms with Crippen molar-refractivity contribution in [3.63, 3.8) is 0 Å². The Labute approximate surface area is 173 Å². The molecule has 1 aromatic rings. The number of benzene rings is 1. The molecule has 1 saturated carbocycles. The highest BCUT2D eigenvalue weighted by atomic mass is 35.5. The molecular formula is C23H31ClN2O2. The molecule has 0 radical (unpaired) electrons. The molecule has 1 aromatic carbocycles. The minimum atomic E-state index is -0.436. The van der Waals surface area contributed by atoms with Crippen LogP contribution in [0.25, 0.3) is 0 Å². The quantitative estimate of drug-likeness (QED) is 0.751. The lowest BCUT2D eigenvalue weighted by atomic mass is 9.68. The number of nitrogens with zero attached hydrogens (tertiary/aromatic N) is 2. The van der Waals surface area contributed by atoms with Crippen LogP contribution in [0.4, 0.5) is 0 Å². The van der Waals surface area contributed by atoms with E-state index in [4.69, 9.17) is 11.6 Å². The molecule has 3 fully saturated rings. The Morgan fingerprint density at radius 2 is 1.57 bits per heavy atom. The van der Waals surface area contributed by atoms with Crippen molar-refractivity contribution in [3.05, 3.63) is 34.9 Å². The van der Waals surface area contributed by atoms with Gasteiger partial charge in [0.2, 0.25) is 11.8 Å². The van der Waals surface area contributed by atoms with Gasteiger partial charge in [0.15, 0.2) is 0 Å². The summed E-state index contributed by atoms with van der Waals surface area (Å²) in [6.07, 6.45) is 9.03. The van der Waals surface area contributed by atoms with Crippen LogP contribution in [0.15, 0.2) is 24.3 Å². The number of halogens is 1. The van der Waals surface area contributed by atoms with E-state index < -0.39 is 5.41 Å². The first kappa shape index (κ1) is 19.8. The minimum Gasteiger partial charge on any atom is -0.342 e. The summed E-state index contributed by atoms with van der Waals surface area (Å²) in [4.78, 5) is 30.5. The molecule has 1 aliphatic carbocycles. The predicted octanol–water partition coefficient (Wildman–Crippen LogP) is 4.40. The average Bonchev–Trinajstić information content (AvgIpc) is 3.28. The van der Waals surface area contributed by atoms with Gasteiger partial charge in [0.25, 0.3) is 0 Å². The van der Waals surface area contributed by atoms with Gasteiger partial charge in [-0.1, -0.05) is 43.0 Å². The van der Waals surface area contributed by atoms with E-state index >= 15 is 0 Å². The first-order valence-electron chi connectivity index (χ1n) is 10.9. The lowest BCUT2D eigenvalue weighted by Crippen LogP contribution is -2.51. The highest BCUT2D eigenvalue weighted by Crippen LogP contribution is 2.42. The number of carbonyl (C=O) groups excluding carboxylic acids is 2. The summed E-state index contributed by atoms with van der Waals surface area (Å²) >= 11 is 6.27. The second kappa shape index (κ2) is 8.44. The fourth-order valence-electron chi connectivity index (χ4n) is 5.40. The van der Waals surface area contributed by atoms with Gasteiger partial charge in [-0.15, -0.1) is 0 Å². The standard InChI is InChI=1S/C23H31ClN2O2/c24-20-8-6-7-19(17-20)23(11-2-1-3-12-23)22(28)26-15-9-18(10-16-26)21(27)25-13-4-5-14-25/h6-8,17-18H,1-5,9-16H2. The van der Waals surface area contributed by atoms with Crippen molar-refractivity contribution in [2.75, 3.05) is 26.2 Å². The Kier molecular flexibility index (Phi) is 5.96. The van der Waals surface area contributed by atoms with Gasteiger partial charge in [-0.3, -0.25) is 9.59 Å². The van der Waals surface area contributed by atoms with Crippen LogP contribution >= 0.6 is 11.6 Å². The van der Waals surface area contributed by atoms with Crippen molar-refractivity contribution in [2.45, 2.75) is 63.2 Å². The number of likely N-dealkylation sites (tertiary alicyclic amines) is 2. The Morgan fingerprint density at radius 1 is 0.893 bits per heavy atom. The maximum atomic E-state index is 13.7. The summed E-state index contributed by atoms with van der Waals surface area (Å²) in [5, 5.41) is 0.699. The van der Waals surface area contributed by atoms with Crippen LogP contribution in [-0.2, 0) is 15.0 Å². The van der Waals surface area contributed by atoms with Gasteiger partial charge in [0.05, 0.1) is 5.41 Å². The molecular weight excluding hydrogens is 372 g/mol. The maximum Gasteiger partial charge on any atom is 0.233 e. The number of rotatable bonds is 3. The van der Waals surface area contributed by atoms with Gasteiger partial charge in [-0.2, -0.15) is 0 Å². The smallest absolute Gasteiger partial charge is 0.233 e. The van der Waals surface area contributed by atoms with Gasteiger partial charge in [-0.05, 0) is 56.2 Å². The van der Waals surface area contributed by atoms with E-state index in [0.717, 1.165) is 70.0 Å². The van der Waals surface area contributed by atoms with Crippen LogP contribution in [0.1, 0.15) is 63.4 Å². The summed E-state index contributed by atoms with van der Waals surface area (Å²) < 4.78 is 0. The zero-order valence-electron chi connectivity index (χ0n) is 16.7. The first-order chi connectivity index (χ1) is 13.6. The van der Waals surface area contributed by atoms with Crippen LogP contribution in [0.5, 0.6) is 0 Å². The second-order valence-corrected chi connectivity index (χ2v) is 9.19. The molecule has 0 atom stereocenters. The average molecular weight is 403 g/mol. The third-order valence-electron chi connectivity index (χ3n) is 7.04. The number of carbonyl (C=O) groups is 2. The number of hydrogen-bond donors (Lipinski definition) is 0. The summed E-state index contributed by atoms with van der Waals surface area (Å²) in [6, 6.07) is 7.89. The van der Waals surface area contributed by atoms with E-state index in [1.54, 1.807) is 0 Å². The molecule has 2 amide bonds. The summed E-state index contributed by atoms with van der Waals surface area (Å²) in [6.45, 7) is 3.22. The van der Waals surface area contributed by atoms with E-state index in [1.165, 1.54) is 6.42 Å². The van der Waals surface area contributed by atoms with Crippen LogP contribution in [0, 0.1) is 5.92 Å². The van der Waals surface area contributed by atoms with Crippen LogP contribution in [-0.4, -0.2) is 47.8 Å². The highest BCUT2D eigenvalue weighted by molar-refractivity contribution is 6.30. The SMILES string of the molecule is O=C(C1CCN(C(=O)C2(c3cccc(Cl)c3)CCCCC2)CC1)N1CCCC1. The topological polar surface area (TPSA) is 40.6 Å². The Balaban J connectivity index is 1.47. The molecule has 0 aromatic heterocycles. The lowest BCUT2D eigenvalue weighted by molar-refractivity contribution is -0.144. The molecule has 0 bridgehead atoms. The third kappa shape index (κ3) is 3.80. The number of hydrogen-bond acceptors (Lipinski definition) is 2. The molecule has 152 valence electrons. The molecule has 28 heavy (non-hydrogen) atoms. The van der Waals surface area contributed by atoms with Gasteiger partial charge in [-0.25, -0.2) is 0 Å². The van der Waals surface area contributed by atoms with Crippen LogP contribution < -0.4 is 0 Å². The summed E-state index contributed by atoms with van der Waals surface area (Å²) in [5.74, 6) is 0.656. The van der Waals surface area contributed by atoms with E-state index in [9.17, 15) is 9.59 Å². The molecule has 0 spiro atoms. The van der Waals surface area contributed by atoms with Gasteiger partial charge in [0.1, 0.15) is 0 Å².